The topological polar surface area (TPSA) is 126 Å². The van der Waals surface area contributed by atoms with Crippen molar-refractivity contribution in [3.63, 3.8) is 0 Å². The quantitative estimate of drug-likeness (QED) is 0.441. The summed E-state index contributed by atoms with van der Waals surface area (Å²) >= 11 is 11.2. The van der Waals surface area contributed by atoms with Gasteiger partial charge in [-0.05, 0) is 49.0 Å². The second-order valence-corrected chi connectivity index (χ2v) is 8.04. The lowest BCUT2D eigenvalue weighted by Crippen LogP contribution is -2.28. The Morgan fingerprint density at radius 2 is 2.00 bits per heavy atom. The lowest BCUT2D eigenvalue weighted by Gasteiger charge is -2.11. The summed E-state index contributed by atoms with van der Waals surface area (Å²) in [7, 11) is -3.93. The van der Waals surface area contributed by atoms with E-state index in [0.29, 0.717) is 16.3 Å². The third-order valence-corrected chi connectivity index (χ3v) is 5.10. The molecule has 5 N–H and O–H groups in total. The van der Waals surface area contributed by atoms with Gasteiger partial charge in [0.2, 0.25) is 10.0 Å². The van der Waals surface area contributed by atoms with Crippen LogP contribution in [0.1, 0.15) is 11.1 Å². The monoisotopic (exact) mass is 423 g/mol. The van der Waals surface area contributed by atoms with Crippen LogP contribution in [0.2, 0.25) is 5.02 Å². The van der Waals surface area contributed by atoms with Gasteiger partial charge in [0.05, 0.1) is 11.4 Å². The summed E-state index contributed by atoms with van der Waals surface area (Å²) in [4.78, 5) is 12.0. The standard InChI is InChI=1S/C16H14ClN5O3S2/c1-8-6-9(17)7-10-13(8)20-15(23)14(10)21-22-16(26)19-11-4-2-3-5-12(11)27(18,24)25/h2-7H,1H3,(H2,18,24,25)(H2,19,22,26)(H,20,21,23). The molecule has 1 aliphatic rings. The highest BCUT2D eigenvalue weighted by molar-refractivity contribution is 7.89. The van der Waals surface area contributed by atoms with Gasteiger partial charge < -0.3 is 10.6 Å². The van der Waals surface area contributed by atoms with Gasteiger partial charge in [0, 0.05) is 10.6 Å². The molecule has 8 nitrogen and oxygen atoms in total. The summed E-state index contributed by atoms with van der Waals surface area (Å²) in [6.07, 6.45) is 0. The van der Waals surface area contributed by atoms with E-state index in [4.69, 9.17) is 29.0 Å². The number of nitrogens with two attached hydrogens (primary N) is 1. The average Bonchev–Trinajstić information content (AvgIpc) is 2.88. The molecule has 3 rings (SSSR count). The predicted molar refractivity (Wildman–Crippen MR) is 109 cm³/mol. The van der Waals surface area contributed by atoms with E-state index in [0.717, 1.165) is 5.56 Å². The molecule has 2 aromatic carbocycles. The van der Waals surface area contributed by atoms with Gasteiger partial charge in [0.15, 0.2) is 10.8 Å². The number of hydrazone groups is 1. The van der Waals surface area contributed by atoms with Crippen molar-refractivity contribution in [2.75, 3.05) is 10.6 Å². The molecule has 0 aliphatic carbocycles. The van der Waals surface area contributed by atoms with Gasteiger partial charge in [-0.15, -0.1) is 0 Å². The first-order valence-electron chi connectivity index (χ1n) is 7.55. The zero-order valence-electron chi connectivity index (χ0n) is 13.9. The summed E-state index contributed by atoms with van der Waals surface area (Å²) in [6, 6.07) is 9.35. The predicted octanol–water partition coefficient (Wildman–Crippen LogP) is 1.94. The van der Waals surface area contributed by atoms with Crippen LogP contribution in [0.15, 0.2) is 46.4 Å². The van der Waals surface area contributed by atoms with Gasteiger partial charge in [-0.1, -0.05) is 23.7 Å². The number of anilines is 2. The van der Waals surface area contributed by atoms with Gasteiger partial charge >= 0.3 is 0 Å². The number of nitrogens with one attached hydrogen (secondary N) is 3. The number of primary sulfonamides is 1. The third-order valence-electron chi connectivity index (χ3n) is 3.72. The fourth-order valence-electron chi connectivity index (χ4n) is 2.58. The van der Waals surface area contributed by atoms with E-state index in [2.05, 4.69) is 21.2 Å². The van der Waals surface area contributed by atoms with E-state index in [9.17, 15) is 13.2 Å². The molecule has 0 bridgehead atoms. The van der Waals surface area contributed by atoms with E-state index in [1.807, 2.05) is 6.92 Å². The number of carbonyl (C=O) groups is 1. The largest absolute Gasteiger partial charge is 0.330 e. The van der Waals surface area contributed by atoms with Crippen molar-refractivity contribution in [1.82, 2.24) is 5.43 Å². The molecular weight excluding hydrogens is 410 g/mol. The minimum atomic E-state index is -3.93. The number of sulfonamides is 1. The molecule has 2 aromatic rings. The van der Waals surface area contributed by atoms with Crippen molar-refractivity contribution >= 4 is 61.9 Å². The molecule has 27 heavy (non-hydrogen) atoms. The average molecular weight is 424 g/mol. The van der Waals surface area contributed by atoms with Gasteiger partial charge in [-0.25, -0.2) is 13.6 Å². The maximum Gasteiger partial charge on any atom is 0.276 e. The number of halogens is 1. The Morgan fingerprint density at radius 3 is 2.70 bits per heavy atom. The van der Waals surface area contributed by atoms with Crippen LogP contribution in [0.25, 0.3) is 0 Å². The normalized spacial score (nSPS) is 14.6. The van der Waals surface area contributed by atoms with Crippen LogP contribution in [0.5, 0.6) is 0 Å². The zero-order chi connectivity index (χ0) is 19.8. The molecule has 0 unspecified atom stereocenters. The van der Waals surface area contributed by atoms with Gasteiger partial charge in [-0.2, -0.15) is 5.10 Å². The Hall–Kier alpha value is -2.53. The highest BCUT2D eigenvalue weighted by Gasteiger charge is 2.28. The summed E-state index contributed by atoms with van der Waals surface area (Å²) in [5, 5.41) is 15.1. The molecule has 1 aliphatic heterocycles. The van der Waals surface area contributed by atoms with Crippen LogP contribution in [-0.4, -0.2) is 25.1 Å². The Kier molecular flexibility index (Phi) is 5.16. The van der Waals surface area contributed by atoms with Crippen LogP contribution in [-0.2, 0) is 14.8 Å². The Morgan fingerprint density at radius 1 is 1.30 bits per heavy atom. The first-order chi connectivity index (χ1) is 12.7. The van der Waals surface area contributed by atoms with Crippen molar-refractivity contribution in [2.45, 2.75) is 11.8 Å². The molecule has 1 amide bonds. The van der Waals surface area contributed by atoms with Gasteiger partial charge in [-0.3, -0.25) is 10.2 Å². The van der Waals surface area contributed by atoms with Gasteiger partial charge in [0.1, 0.15) is 4.90 Å². The Bertz CT molecular complexity index is 1100. The maximum atomic E-state index is 12.2. The molecule has 0 saturated carbocycles. The van der Waals surface area contributed by atoms with Crippen LogP contribution in [0.3, 0.4) is 0 Å². The number of hydrogen-bond donors (Lipinski definition) is 4. The van der Waals surface area contributed by atoms with Crippen LogP contribution < -0.4 is 21.2 Å². The number of fused-ring (bicyclic) bond motifs is 1. The van der Waals surface area contributed by atoms with Crippen LogP contribution in [0.4, 0.5) is 11.4 Å². The molecule has 0 aromatic heterocycles. The molecule has 140 valence electrons. The second kappa shape index (κ2) is 7.24. The van der Waals surface area contributed by atoms with E-state index in [-0.39, 0.29) is 21.4 Å². The first kappa shape index (κ1) is 19.2. The van der Waals surface area contributed by atoms with E-state index in [1.54, 1.807) is 18.2 Å². The minimum Gasteiger partial charge on any atom is -0.330 e. The number of nitrogens with zero attached hydrogens (tertiary/aromatic N) is 1. The minimum absolute atomic E-state index is 0.0152. The maximum absolute atomic E-state index is 12.2. The molecule has 0 fully saturated rings. The second-order valence-electron chi connectivity index (χ2n) is 5.67. The summed E-state index contributed by atoms with van der Waals surface area (Å²) < 4.78 is 23.3. The molecule has 1 heterocycles. The smallest absolute Gasteiger partial charge is 0.276 e. The van der Waals surface area contributed by atoms with Crippen molar-refractivity contribution in [3.05, 3.63) is 52.5 Å². The van der Waals surface area contributed by atoms with Crippen molar-refractivity contribution in [2.24, 2.45) is 10.2 Å². The number of aryl methyl sites for hydroxylation is 1. The fourth-order valence-corrected chi connectivity index (χ4v) is 3.70. The molecule has 0 spiro atoms. The lowest BCUT2D eigenvalue weighted by molar-refractivity contribution is -0.110. The number of hydrogen-bond acceptors (Lipinski definition) is 5. The molecular formula is C16H14ClN5O3S2. The number of thiocarbonyl (C=S) groups is 1. The molecule has 0 atom stereocenters. The number of para-hydroxylation sites is 1. The Labute approximate surface area is 165 Å². The summed E-state index contributed by atoms with van der Waals surface area (Å²) in [5.74, 6) is -0.407. The third kappa shape index (κ3) is 4.08. The van der Waals surface area contributed by atoms with Crippen molar-refractivity contribution in [3.8, 4) is 0 Å². The number of rotatable bonds is 3. The molecule has 0 radical (unpaired) electrons. The highest BCUT2D eigenvalue weighted by Crippen LogP contribution is 2.30. The number of amides is 1. The zero-order valence-corrected chi connectivity index (χ0v) is 16.3. The molecule has 0 saturated heterocycles. The number of benzene rings is 2. The fraction of sp³-hybridized carbons (Fsp3) is 0.0625. The van der Waals surface area contributed by atoms with Crippen LogP contribution >= 0.6 is 23.8 Å². The first-order valence-corrected chi connectivity index (χ1v) is 9.88. The highest BCUT2D eigenvalue weighted by atomic mass is 35.5. The van der Waals surface area contributed by atoms with Crippen molar-refractivity contribution < 1.29 is 13.2 Å². The van der Waals surface area contributed by atoms with E-state index >= 15 is 0 Å². The SMILES string of the molecule is Cc1cc(Cl)cc2c1NC(=O)C2=NNC(=S)Nc1ccccc1S(N)(=O)=O. The van der Waals surface area contributed by atoms with E-state index in [1.165, 1.54) is 18.2 Å². The molecule has 11 heteroatoms. The van der Waals surface area contributed by atoms with Crippen LogP contribution in [0, 0.1) is 6.92 Å². The summed E-state index contributed by atoms with van der Waals surface area (Å²) in [6.45, 7) is 1.82. The Balaban J connectivity index is 1.83. The van der Waals surface area contributed by atoms with Gasteiger partial charge in [0.25, 0.3) is 5.91 Å². The summed E-state index contributed by atoms with van der Waals surface area (Å²) in [5.41, 5.74) is 4.81. The lowest BCUT2D eigenvalue weighted by atomic mass is 10.1. The number of carbonyl (C=O) groups excluding carboxylic acids is 1. The van der Waals surface area contributed by atoms with Crippen molar-refractivity contribution in [1.29, 1.82) is 0 Å². The van der Waals surface area contributed by atoms with E-state index < -0.39 is 15.9 Å².